The summed E-state index contributed by atoms with van der Waals surface area (Å²) in [7, 11) is 0. The van der Waals surface area contributed by atoms with E-state index in [0.717, 1.165) is 96.3 Å². The maximum absolute atomic E-state index is 12.7. The van der Waals surface area contributed by atoms with Gasteiger partial charge in [0.2, 0.25) is 0 Å². The molecule has 0 aliphatic heterocycles. The molecule has 0 aromatic carbocycles. The molecule has 0 aromatic rings. The number of carbonyl (C=O) groups excluding carboxylic acids is 3. The van der Waals surface area contributed by atoms with E-state index in [-0.39, 0.29) is 31.1 Å². The SMILES string of the molecule is CC\C=C/C=C\C=C/C=C\C=C\C=C/CCCCCC(=O)OCC(COC(=O)CCCC/C=C\C/C=C\CC)OC(=O)CCCCCCC/C=C\CCCCCCCCC. The second-order valence-electron chi connectivity index (χ2n) is 15.4. The van der Waals surface area contributed by atoms with E-state index >= 15 is 0 Å². The van der Waals surface area contributed by atoms with Gasteiger partial charge in [-0.1, -0.05) is 194 Å². The molecule has 0 aliphatic carbocycles. The largest absolute Gasteiger partial charge is 0.462 e. The van der Waals surface area contributed by atoms with E-state index in [1.54, 1.807) is 0 Å². The van der Waals surface area contributed by atoms with Gasteiger partial charge < -0.3 is 14.2 Å². The van der Waals surface area contributed by atoms with Crippen LogP contribution in [0.1, 0.15) is 194 Å². The average Bonchev–Trinajstić information content (AvgIpc) is 3.24. The normalized spacial score (nSPS) is 13.1. The quantitative estimate of drug-likeness (QED) is 0.0201. The third-order valence-corrected chi connectivity index (χ3v) is 9.65. The lowest BCUT2D eigenvalue weighted by Gasteiger charge is -2.18. The number of rotatable bonds is 41. The lowest BCUT2D eigenvalue weighted by Crippen LogP contribution is -2.30. The summed E-state index contributed by atoms with van der Waals surface area (Å²) in [4.78, 5) is 37.8. The van der Waals surface area contributed by atoms with Crippen molar-refractivity contribution in [2.24, 2.45) is 0 Å². The van der Waals surface area contributed by atoms with Crippen LogP contribution in [0.5, 0.6) is 0 Å². The molecule has 0 heterocycles. The first-order valence-electron chi connectivity index (χ1n) is 24.0. The molecule has 60 heavy (non-hydrogen) atoms. The third-order valence-electron chi connectivity index (χ3n) is 9.65. The summed E-state index contributed by atoms with van der Waals surface area (Å²) in [5, 5.41) is 0. The van der Waals surface area contributed by atoms with Gasteiger partial charge in [0.15, 0.2) is 6.10 Å². The Morgan fingerprint density at radius 2 is 0.733 bits per heavy atom. The second kappa shape index (κ2) is 47.7. The molecule has 6 heteroatoms. The third kappa shape index (κ3) is 45.2. The van der Waals surface area contributed by atoms with Crippen LogP contribution in [0.15, 0.2) is 109 Å². The molecule has 0 bridgehead atoms. The van der Waals surface area contributed by atoms with E-state index in [0.29, 0.717) is 19.3 Å². The summed E-state index contributed by atoms with van der Waals surface area (Å²) in [5.41, 5.74) is 0. The smallest absolute Gasteiger partial charge is 0.306 e. The molecule has 338 valence electrons. The second-order valence-corrected chi connectivity index (χ2v) is 15.4. The van der Waals surface area contributed by atoms with Gasteiger partial charge in [-0.25, -0.2) is 0 Å². The van der Waals surface area contributed by atoms with Crippen LogP contribution >= 0.6 is 0 Å². The zero-order valence-corrected chi connectivity index (χ0v) is 38.4. The van der Waals surface area contributed by atoms with Crippen molar-refractivity contribution in [1.29, 1.82) is 0 Å². The van der Waals surface area contributed by atoms with Gasteiger partial charge in [-0.3, -0.25) is 14.4 Å². The lowest BCUT2D eigenvalue weighted by molar-refractivity contribution is -0.167. The summed E-state index contributed by atoms with van der Waals surface area (Å²) < 4.78 is 16.6. The molecule has 0 aliphatic rings. The highest BCUT2D eigenvalue weighted by molar-refractivity contribution is 5.71. The van der Waals surface area contributed by atoms with Crippen molar-refractivity contribution in [2.75, 3.05) is 13.2 Å². The first-order valence-corrected chi connectivity index (χ1v) is 24.0. The molecule has 0 fully saturated rings. The minimum Gasteiger partial charge on any atom is -0.462 e. The van der Waals surface area contributed by atoms with Gasteiger partial charge >= 0.3 is 17.9 Å². The Morgan fingerprint density at radius 1 is 0.367 bits per heavy atom. The van der Waals surface area contributed by atoms with Gasteiger partial charge in [-0.05, 0) is 89.9 Å². The summed E-state index contributed by atoms with van der Waals surface area (Å²) >= 11 is 0. The van der Waals surface area contributed by atoms with Gasteiger partial charge in [0.25, 0.3) is 0 Å². The molecule has 0 spiro atoms. The Labute approximate surface area is 368 Å². The first-order chi connectivity index (χ1) is 29.5. The molecular weight excluding hydrogens is 745 g/mol. The molecule has 1 unspecified atom stereocenters. The number of esters is 3. The number of carbonyl (C=O) groups is 3. The minimum atomic E-state index is -0.814. The summed E-state index contributed by atoms with van der Waals surface area (Å²) in [6.07, 6.45) is 63.7. The van der Waals surface area contributed by atoms with Gasteiger partial charge in [0.05, 0.1) is 0 Å². The van der Waals surface area contributed by atoms with E-state index in [2.05, 4.69) is 69.4 Å². The maximum atomic E-state index is 12.7. The minimum absolute atomic E-state index is 0.116. The first kappa shape index (κ1) is 56.1. The zero-order valence-electron chi connectivity index (χ0n) is 38.4. The average molecular weight is 831 g/mol. The Bertz CT molecular complexity index is 1280. The highest BCUT2D eigenvalue weighted by Gasteiger charge is 2.19. The molecule has 0 radical (unpaired) electrons. The van der Waals surface area contributed by atoms with Gasteiger partial charge in [-0.2, -0.15) is 0 Å². The lowest BCUT2D eigenvalue weighted by atomic mass is 10.1. The molecule has 0 saturated carbocycles. The van der Waals surface area contributed by atoms with Crippen molar-refractivity contribution in [1.82, 2.24) is 0 Å². The molecule has 0 rings (SSSR count). The number of unbranched alkanes of at least 4 members (excludes halogenated alkanes) is 17. The monoisotopic (exact) mass is 831 g/mol. The fourth-order valence-electron chi connectivity index (χ4n) is 6.09. The standard InChI is InChI=1S/C54H86O6/c1-4-7-10-13-16-19-21-23-25-27-29-30-32-35-38-41-44-47-53(56)59-50-51(49-58-52(55)46-43-40-37-34-18-15-12-9-6-3)60-54(57)48-45-42-39-36-33-31-28-26-24-22-20-17-14-11-8-5-2/h7,9-10,12-13,16,18-19,21,23,25-30,32,34,51H,4-6,8,11,14-15,17,20,22,24,31,33,35-50H2,1-3H3/b10-7-,12-9-,16-13-,21-19-,25-23-,28-26-,29-27+,32-30-,34-18-. The van der Waals surface area contributed by atoms with Crippen molar-refractivity contribution >= 4 is 17.9 Å². The van der Waals surface area contributed by atoms with E-state index in [9.17, 15) is 14.4 Å². The van der Waals surface area contributed by atoms with Crippen molar-refractivity contribution in [3.63, 3.8) is 0 Å². The predicted molar refractivity (Wildman–Crippen MR) is 256 cm³/mol. The summed E-state index contributed by atoms with van der Waals surface area (Å²) in [6, 6.07) is 0. The Kier molecular flexibility index (Phi) is 44.6. The molecule has 6 nitrogen and oxygen atoms in total. The Morgan fingerprint density at radius 3 is 1.27 bits per heavy atom. The van der Waals surface area contributed by atoms with Gasteiger partial charge in [-0.15, -0.1) is 0 Å². The van der Waals surface area contributed by atoms with E-state index in [1.807, 2.05) is 60.8 Å². The van der Waals surface area contributed by atoms with Crippen LogP contribution in [-0.4, -0.2) is 37.2 Å². The molecule has 0 saturated heterocycles. The van der Waals surface area contributed by atoms with E-state index in [1.165, 1.54) is 57.8 Å². The van der Waals surface area contributed by atoms with Crippen molar-refractivity contribution < 1.29 is 28.6 Å². The van der Waals surface area contributed by atoms with Crippen LogP contribution < -0.4 is 0 Å². The van der Waals surface area contributed by atoms with Crippen molar-refractivity contribution in [3.05, 3.63) is 109 Å². The van der Waals surface area contributed by atoms with Crippen LogP contribution in [-0.2, 0) is 28.6 Å². The van der Waals surface area contributed by atoms with Crippen LogP contribution in [0.4, 0.5) is 0 Å². The molecule has 0 amide bonds. The van der Waals surface area contributed by atoms with Crippen LogP contribution in [0, 0.1) is 0 Å². The number of ether oxygens (including phenoxy) is 3. The number of hydrogen-bond acceptors (Lipinski definition) is 6. The van der Waals surface area contributed by atoms with Crippen LogP contribution in [0.25, 0.3) is 0 Å². The van der Waals surface area contributed by atoms with Gasteiger partial charge in [0, 0.05) is 19.3 Å². The van der Waals surface area contributed by atoms with Crippen molar-refractivity contribution in [3.8, 4) is 0 Å². The fraction of sp³-hybridized carbons (Fsp3) is 0.611. The number of allylic oxidation sites excluding steroid dienone is 18. The fourth-order valence-corrected chi connectivity index (χ4v) is 6.09. The summed E-state index contributed by atoms with van der Waals surface area (Å²) in [6.45, 7) is 6.26. The van der Waals surface area contributed by atoms with Crippen LogP contribution in [0.2, 0.25) is 0 Å². The Balaban J connectivity index is 4.49. The molecule has 0 N–H and O–H groups in total. The maximum Gasteiger partial charge on any atom is 0.306 e. The number of hydrogen-bond donors (Lipinski definition) is 0. The Hall–Kier alpha value is -3.93. The highest BCUT2D eigenvalue weighted by Crippen LogP contribution is 2.13. The van der Waals surface area contributed by atoms with Crippen LogP contribution in [0.3, 0.4) is 0 Å². The topological polar surface area (TPSA) is 78.9 Å². The molecule has 1 atom stereocenters. The molecular formula is C54H86O6. The van der Waals surface area contributed by atoms with E-state index < -0.39 is 6.10 Å². The zero-order chi connectivity index (χ0) is 43.7. The van der Waals surface area contributed by atoms with Gasteiger partial charge in [0.1, 0.15) is 13.2 Å². The van der Waals surface area contributed by atoms with E-state index in [4.69, 9.17) is 14.2 Å². The van der Waals surface area contributed by atoms with Crippen molar-refractivity contribution in [2.45, 2.75) is 200 Å². The molecule has 0 aromatic heterocycles. The highest BCUT2D eigenvalue weighted by atomic mass is 16.6. The summed E-state index contributed by atoms with van der Waals surface area (Å²) in [5.74, 6) is -1.01. The predicted octanol–water partition coefficient (Wildman–Crippen LogP) is 15.6.